The lowest BCUT2D eigenvalue weighted by atomic mass is 10.2. The van der Waals surface area contributed by atoms with Gasteiger partial charge in [0.25, 0.3) is 5.91 Å². The number of halogens is 1. The van der Waals surface area contributed by atoms with Crippen LogP contribution in [0.15, 0.2) is 42.5 Å². The van der Waals surface area contributed by atoms with E-state index in [-0.39, 0.29) is 5.69 Å². The molecule has 1 aromatic heterocycles. The maximum absolute atomic E-state index is 13.0. The molecule has 21 heavy (non-hydrogen) atoms. The van der Waals surface area contributed by atoms with Crippen molar-refractivity contribution in [3.63, 3.8) is 0 Å². The molecule has 5 heteroatoms. The highest BCUT2D eigenvalue weighted by Crippen LogP contribution is 2.18. The number of anilines is 2. The van der Waals surface area contributed by atoms with Crippen molar-refractivity contribution in [1.29, 1.82) is 0 Å². The van der Waals surface area contributed by atoms with E-state index in [9.17, 15) is 9.18 Å². The smallest absolute Gasteiger partial charge is 0.274 e. The number of aromatic nitrogens is 1. The van der Waals surface area contributed by atoms with Crippen LogP contribution in [-0.4, -0.2) is 24.0 Å². The highest BCUT2D eigenvalue weighted by molar-refractivity contribution is 6.02. The minimum atomic E-state index is -0.667. The number of amides is 1. The molecule has 0 fully saturated rings. The lowest BCUT2D eigenvalue weighted by molar-refractivity contribution is 0.102. The summed E-state index contributed by atoms with van der Waals surface area (Å²) in [5.41, 5.74) is 1.81. The molecule has 1 amide bonds. The molecular formula is C16H18FN3O. The molecule has 0 saturated heterocycles. The first-order valence-electron chi connectivity index (χ1n) is 6.93. The number of carbonyl (C=O) groups excluding carboxylic acids is 1. The van der Waals surface area contributed by atoms with E-state index in [2.05, 4.69) is 29.0 Å². The van der Waals surface area contributed by atoms with E-state index in [1.165, 1.54) is 18.2 Å². The van der Waals surface area contributed by atoms with Gasteiger partial charge in [-0.15, -0.1) is 0 Å². The number of carbonyl (C=O) groups is 1. The van der Waals surface area contributed by atoms with E-state index in [0.29, 0.717) is 5.69 Å². The first-order valence-corrected chi connectivity index (χ1v) is 6.93. The molecule has 4 nitrogen and oxygen atoms in total. The van der Waals surface area contributed by atoms with E-state index in [4.69, 9.17) is 0 Å². The molecule has 1 heterocycles. The van der Waals surface area contributed by atoms with Crippen molar-refractivity contribution < 1.29 is 9.18 Å². The highest BCUT2D eigenvalue weighted by Gasteiger charge is 2.09. The van der Waals surface area contributed by atoms with Crippen LogP contribution in [0.4, 0.5) is 15.8 Å². The monoisotopic (exact) mass is 287 g/mol. The number of nitrogens with zero attached hydrogens (tertiary/aromatic N) is 2. The number of benzene rings is 1. The Morgan fingerprint density at radius 3 is 2.38 bits per heavy atom. The largest absolute Gasteiger partial charge is 0.372 e. The summed E-state index contributed by atoms with van der Waals surface area (Å²) in [4.78, 5) is 17.7. The lowest BCUT2D eigenvalue weighted by Gasteiger charge is -2.21. The van der Waals surface area contributed by atoms with Gasteiger partial charge in [-0.25, -0.2) is 4.98 Å². The quantitative estimate of drug-likeness (QED) is 0.858. The molecule has 1 N–H and O–H groups in total. The zero-order chi connectivity index (χ0) is 15.2. The van der Waals surface area contributed by atoms with Gasteiger partial charge in [-0.1, -0.05) is 6.07 Å². The summed E-state index contributed by atoms with van der Waals surface area (Å²) in [6.45, 7) is 6.04. The van der Waals surface area contributed by atoms with Gasteiger partial charge in [0.05, 0.1) is 0 Å². The van der Waals surface area contributed by atoms with Crippen molar-refractivity contribution in [2.24, 2.45) is 0 Å². The molecule has 0 spiro atoms. The van der Waals surface area contributed by atoms with Crippen LogP contribution < -0.4 is 10.2 Å². The Morgan fingerprint density at radius 2 is 1.81 bits per heavy atom. The molecule has 0 radical (unpaired) electrons. The van der Waals surface area contributed by atoms with Crippen LogP contribution in [0.1, 0.15) is 24.3 Å². The second-order valence-corrected chi connectivity index (χ2v) is 4.52. The molecule has 110 valence electrons. The van der Waals surface area contributed by atoms with Gasteiger partial charge in [-0.3, -0.25) is 4.79 Å². The average Bonchev–Trinajstić information content (AvgIpc) is 2.50. The van der Waals surface area contributed by atoms with Gasteiger partial charge >= 0.3 is 0 Å². The first-order chi connectivity index (χ1) is 10.1. The van der Waals surface area contributed by atoms with Gasteiger partial charge in [0, 0.05) is 24.5 Å². The maximum Gasteiger partial charge on any atom is 0.274 e. The fraction of sp³-hybridized carbons (Fsp3) is 0.250. The van der Waals surface area contributed by atoms with Crippen molar-refractivity contribution >= 4 is 17.3 Å². The Labute approximate surface area is 123 Å². The molecule has 0 atom stereocenters. The van der Waals surface area contributed by atoms with E-state index >= 15 is 0 Å². The molecule has 2 aromatic rings. The van der Waals surface area contributed by atoms with Gasteiger partial charge in [-0.2, -0.15) is 4.39 Å². The minimum absolute atomic E-state index is 0.0582. The van der Waals surface area contributed by atoms with Crippen molar-refractivity contribution in [3.05, 3.63) is 54.1 Å². The third kappa shape index (κ3) is 3.78. The summed E-state index contributed by atoms with van der Waals surface area (Å²) >= 11 is 0. The van der Waals surface area contributed by atoms with E-state index in [0.717, 1.165) is 18.8 Å². The summed E-state index contributed by atoms with van der Waals surface area (Å²) in [6, 6.07) is 11.7. The standard InChI is InChI=1S/C16H18FN3O/c1-3-20(4-2)13-10-8-12(9-11-13)18-16(21)14-6-5-7-15(17)19-14/h5-11H,3-4H2,1-2H3,(H,18,21). The minimum Gasteiger partial charge on any atom is -0.372 e. The summed E-state index contributed by atoms with van der Waals surface area (Å²) in [5.74, 6) is -1.09. The summed E-state index contributed by atoms with van der Waals surface area (Å²) in [5, 5.41) is 2.70. The van der Waals surface area contributed by atoms with Crippen LogP contribution in [0.3, 0.4) is 0 Å². The van der Waals surface area contributed by atoms with Crippen LogP contribution in [0, 0.1) is 5.95 Å². The first kappa shape index (κ1) is 15.0. The zero-order valence-corrected chi connectivity index (χ0v) is 12.1. The van der Waals surface area contributed by atoms with Gasteiger partial charge in [0.2, 0.25) is 5.95 Å². The van der Waals surface area contributed by atoms with Crippen molar-refractivity contribution in [2.45, 2.75) is 13.8 Å². The Kier molecular flexibility index (Phi) is 4.87. The molecule has 0 unspecified atom stereocenters. The third-order valence-electron chi connectivity index (χ3n) is 3.20. The molecule has 1 aromatic carbocycles. The number of hydrogen-bond acceptors (Lipinski definition) is 3. The fourth-order valence-corrected chi connectivity index (χ4v) is 2.07. The van der Waals surface area contributed by atoms with Crippen molar-refractivity contribution in [2.75, 3.05) is 23.3 Å². The Morgan fingerprint density at radius 1 is 1.14 bits per heavy atom. The maximum atomic E-state index is 13.0. The molecule has 0 aliphatic rings. The number of rotatable bonds is 5. The Bertz CT molecular complexity index is 609. The van der Waals surface area contributed by atoms with Crippen molar-refractivity contribution in [3.8, 4) is 0 Å². The molecule has 2 rings (SSSR count). The van der Waals surface area contributed by atoms with Crippen LogP contribution in [0.2, 0.25) is 0 Å². The van der Waals surface area contributed by atoms with Crippen LogP contribution in [0.25, 0.3) is 0 Å². The predicted molar refractivity (Wildman–Crippen MR) is 82.2 cm³/mol. The molecule has 0 aliphatic heterocycles. The fourth-order valence-electron chi connectivity index (χ4n) is 2.07. The zero-order valence-electron chi connectivity index (χ0n) is 12.1. The SMILES string of the molecule is CCN(CC)c1ccc(NC(=O)c2cccc(F)n2)cc1. The molecule has 0 aliphatic carbocycles. The summed E-state index contributed by atoms with van der Waals surface area (Å²) in [6.07, 6.45) is 0. The lowest BCUT2D eigenvalue weighted by Crippen LogP contribution is -2.21. The van der Waals surface area contributed by atoms with E-state index < -0.39 is 11.9 Å². The molecule has 0 saturated carbocycles. The number of nitrogens with one attached hydrogen (secondary N) is 1. The van der Waals surface area contributed by atoms with E-state index in [1.54, 1.807) is 0 Å². The van der Waals surface area contributed by atoms with Crippen LogP contribution in [-0.2, 0) is 0 Å². The average molecular weight is 287 g/mol. The predicted octanol–water partition coefficient (Wildman–Crippen LogP) is 3.32. The van der Waals surface area contributed by atoms with Gasteiger partial charge < -0.3 is 10.2 Å². The van der Waals surface area contributed by atoms with Gasteiger partial charge in [0.1, 0.15) is 5.69 Å². The summed E-state index contributed by atoms with van der Waals surface area (Å²) < 4.78 is 13.0. The van der Waals surface area contributed by atoms with Crippen LogP contribution in [0.5, 0.6) is 0 Å². The Balaban J connectivity index is 2.08. The topological polar surface area (TPSA) is 45.2 Å². The van der Waals surface area contributed by atoms with Gasteiger partial charge in [-0.05, 0) is 50.2 Å². The summed E-state index contributed by atoms with van der Waals surface area (Å²) in [7, 11) is 0. The van der Waals surface area contributed by atoms with Crippen LogP contribution >= 0.6 is 0 Å². The second-order valence-electron chi connectivity index (χ2n) is 4.52. The second kappa shape index (κ2) is 6.83. The number of hydrogen-bond donors (Lipinski definition) is 1. The Hall–Kier alpha value is -2.43. The van der Waals surface area contributed by atoms with Gasteiger partial charge in [0.15, 0.2) is 0 Å². The van der Waals surface area contributed by atoms with Crippen molar-refractivity contribution in [1.82, 2.24) is 4.98 Å². The highest BCUT2D eigenvalue weighted by atomic mass is 19.1. The number of pyridine rings is 1. The van der Waals surface area contributed by atoms with E-state index in [1.807, 2.05) is 24.3 Å². The molecule has 0 bridgehead atoms. The molecular weight excluding hydrogens is 269 g/mol. The normalized spacial score (nSPS) is 10.2. The third-order valence-corrected chi connectivity index (χ3v) is 3.20.